The number of ketones is 1. The van der Waals surface area contributed by atoms with Gasteiger partial charge in [-0.2, -0.15) is 0 Å². The molecule has 6 atom stereocenters. The topological polar surface area (TPSA) is 92.8 Å². The Labute approximate surface area is 247 Å². The second-order valence-electron chi connectivity index (χ2n) is 13.0. The maximum absolute atomic E-state index is 12.1. The van der Waals surface area contributed by atoms with E-state index in [-0.39, 0.29) is 27.9 Å². The lowest BCUT2D eigenvalue weighted by atomic mass is 9.46. The molecular weight excluding hydrogens is 526 g/mol. The first-order chi connectivity index (χ1) is 20.1. The van der Waals surface area contributed by atoms with Gasteiger partial charge in [-0.05, 0) is 86.3 Å². The maximum Gasteiger partial charge on any atom is 0.196 e. The molecule has 3 saturated carbocycles. The Bertz CT molecular complexity index is 1570. The summed E-state index contributed by atoms with van der Waals surface area (Å²) in [6.45, 7) is 4.71. The molecule has 4 aliphatic rings. The highest BCUT2D eigenvalue weighted by atomic mass is 16.5. The van der Waals surface area contributed by atoms with Gasteiger partial charge in [-0.3, -0.25) is 4.79 Å². The fourth-order valence-corrected chi connectivity index (χ4v) is 8.71. The fourth-order valence-electron chi connectivity index (χ4n) is 8.71. The number of phenols is 1. The SMILES string of the molecule is C#CC1(O)CCC2C3CCC4=Cc5oncc5CC4(C)C3CCC21C.COc1ccc(C(=O)c2ccccc2)c(O)c1. The van der Waals surface area contributed by atoms with E-state index >= 15 is 0 Å². The van der Waals surface area contributed by atoms with Crippen molar-refractivity contribution in [3.05, 3.63) is 82.8 Å². The highest BCUT2D eigenvalue weighted by Crippen LogP contribution is 2.67. The Morgan fingerprint density at radius 2 is 1.86 bits per heavy atom. The molecule has 7 rings (SSSR count). The van der Waals surface area contributed by atoms with Crippen molar-refractivity contribution in [2.24, 2.45) is 28.6 Å². The van der Waals surface area contributed by atoms with E-state index in [1.165, 1.54) is 25.2 Å². The molecule has 1 heterocycles. The van der Waals surface area contributed by atoms with Crippen molar-refractivity contribution in [1.29, 1.82) is 0 Å². The number of aromatic nitrogens is 1. The summed E-state index contributed by atoms with van der Waals surface area (Å²) in [7, 11) is 1.51. The number of hydrogen-bond donors (Lipinski definition) is 2. The minimum absolute atomic E-state index is 0.0711. The molecule has 4 aliphatic carbocycles. The molecule has 3 aromatic rings. The standard InChI is InChI=1S/C22H27NO2.C14H12O3/c1-4-22(24)10-8-18-16-6-5-15-11-19-14(13-23-25-19)12-20(15,2)17(16)7-9-21(18,22)3;1-17-11-7-8-12(13(15)9-11)14(16)10-5-3-2-4-6-10/h1,11,13,16-18,24H,5-10,12H2,2-3H3;2-9,15H,1H3. The predicted octanol–water partition coefficient (Wildman–Crippen LogP) is 6.85. The molecule has 0 radical (unpaired) electrons. The van der Waals surface area contributed by atoms with E-state index in [1.807, 2.05) is 12.3 Å². The summed E-state index contributed by atoms with van der Waals surface area (Å²) in [5.74, 6) is 5.88. The van der Waals surface area contributed by atoms with Gasteiger partial charge >= 0.3 is 0 Å². The third kappa shape index (κ3) is 4.37. The molecule has 0 aliphatic heterocycles. The average Bonchev–Trinajstić information content (AvgIpc) is 3.56. The lowest BCUT2D eigenvalue weighted by Gasteiger charge is -2.58. The van der Waals surface area contributed by atoms with Crippen LogP contribution in [0.2, 0.25) is 0 Å². The monoisotopic (exact) mass is 565 g/mol. The van der Waals surface area contributed by atoms with Crippen LogP contribution in [-0.2, 0) is 6.42 Å². The molecule has 2 aromatic carbocycles. The van der Waals surface area contributed by atoms with E-state index in [4.69, 9.17) is 15.7 Å². The number of benzene rings is 2. The molecular formula is C36H39NO5. The van der Waals surface area contributed by atoms with Crippen molar-refractivity contribution < 1.29 is 24.3 Å². The van der Waals surface area contributed by atoms with Crippen LogP contribution in [0.15, 0.2) is 64.8 Å². The van der Waals surface area contributed by atoms with Gasteiger partial charge < -0.3 is 19.5 Å². The predicted molar refractivity (Wildman–Crippen MR) is 161 cm³/mol. The molecule has 6 unspecified atom stereocenters. The summed E-state index contributed by atoms with van der Waals surface area (Å²) < 4.78 is 10.4. The number of fused-ring (bicyclic) bond motifs is 6. The number of aliphatic hydroxyl groups is 1. The maximum atomic E-state index is 12.1. The van der Waals surface area contributed by atoms with Crippen LogP contribution >= 0.6 is 0 Å². The van der Waals surface area contributed by atoms with E-state index < -0.39 is 5.60 Å². The van der Waals surface area contributed by atoms with Gasteiger partial charge in [-0.15, -0.1) is 6.42 Å². The zero-order valence-electron chi connectivity index (χ0n) is 24.6. The number of carbonyl (C=O) groups is 1. The molecule has 42 heavy (non-hydrogen) atoms. The molecule has 0 saturated heterocycles. The van der Waals surface area contributed by atoms with Crippen LogP contribution < -0.4 is 4.74 Å². The second-order valence-corrected chi connectivity index (χ2v) is 13.0. The Morgan fingerprint density at radius 3 is 2.57 bits per heavy atom. The average molecular weight is 566 g/mol. The first kappa shape index (κ1) is 28.3. The molecule has 0 bridgehead atoms. The highest BCUT2D eigenvalue weighted by Gasteiger charge is 2.63. The summed E-state index contributed by atoms with van der Waals surface area (Å²) in [6.07, 6.45) is 17.4. The number of hydrogen-bond acceptors (Lipinski definition) is 6. The van der Waals surface area contributed by atoms with Crippen molar-refractivity contribution in [2.45, 2.75) is 64.4 Å². The Kier molecular flexibility index (Phi) is 7.06. The van der Waals surface area contributed by atoms with Crippen LogP contribution in [0.5, 0.6) is 11.5 Å². The van der Waals surface area contributed by atoms with Gasteiger partial charge in [0.2, 0.25) is 0 Å². The highest BCUT2D eigenvalue weighted by molar-refractivity contribution is 6.10. The van der Waals surface area contributed by atoms with Gasteiger partial charge in [0, 0.05) is 22.6 Å². The number of terminal acetylenes is 1. The zero-order valence-corrected chi connectivity index (χ0v) is 24.6. The van der Waals surface area contributed by atoms with Crippen LogP contribution in [0.25, 0.3) is 6.08 Å². The Morgan fingerprint density at radius 1 is 1.10 bits per heavy atom. The van der Waals surface area contributed by atoms with Crippen molar-refractivity contribution in [1.82, 2.24) is 5.16 Å². The summed E-state index contributed by atoms with van der Waals surface area (Å²) >= 11 is 0. The van der Waals surface area contributed by atoms with E-state index in [0.29, 0.717) is 29.1 Å². The van der Waals surface area contributed by atoms with E-state index in [1.54, 1.807) is 42.0 Å². The van der Waals surface area contributed by atoms with Crippen LogP contribution in [0.3, 0.4) is 0 Å². The molecule has 3 fully saturated rings. The van der Waals surface area contributed by atoms with Crippen molar-refractivity contribution >= 4 is 11.9 Å². The lowest BCUT2D eigenvalue weighted by molar-refractivity contribution is -0.0975. The number of rotatable bonds is 3. The molecule has 218 valence electrons. The third-order valence-electron chi connectivity index (χ3n) is 11.2. The van der Waals surface area contributed by atoms with Crippen LogP contribution in [0.1, 0.15) is 79.6 Å². The smallest absolute Gasteiger partial charge is 0.196 e. The number of ether oxygens (including phenoxy) is 1. The molecule has 6 nitrogen and oxygen atoms in total. The van der Waals surface area contributed by atoms with Crippen LogP contribution in [0, 0.1) is 40.9 Å². The van der Waals surface area contributed by atoms with E-state index in [2.05, 4.69) is 31.0 Å². The number of phenolic OH excluding ortho intramolecular Hbond substituents is 1. The third-order valence-corrected chi connectivity index (χ3v) is 11.2. The first-order valence-corrected chi connectivity index (χ1v) is 14.9. The lowest BCUT2D eigenvalue weighted by Crippen LogP contribution is -2.54. The van der Waals surface area contributed by atoms with Crippen LogP contribution in [0.4, 0.5) is 0 Å². The van der Waals surface area contributed by atoms with Crippen molar-refractivity contribution in [3.8, 4) is 23.8 Å². The first-order valence-electron chi connectivity index (χ1n) is 14.9. The molecule has 2 N–H and O–H groups in total. The number of allylic oxidation sites excluding steroid dienone is 1. The second kappa shape index (κ2) is 10.5. The number of nitrogens with zero attached hydrogens (tertiary/aromatic N) is 1. The van der Waals surface area contributed by atoms with Gasteiger partial charge in [0.05, 0.1) is 18.9 Å². The number of methoxy groups -OCH3 is 1. The van der Waals surface area contributed by atoms with Crippen molar-refractivity contribution in [2.75, 3.05) is 7.11 Å². The van der Waals surface area contributed by atoms with Crippen LogP contribution in [-0.4, -0.2) is 33.9 Å². The quantitative estimate of drug-likeness (QED) is 0.266. The zero-order chi connectivity index (χ0) is 29.7. The summed E-state index contributed by atoms with van der Waals surface area (Å²) in [5, 5.41) is 24.8. The van der Waals surface area contributed by atoms with Crippen molar-refractivity contribution in [3.63, 3.8) is 0 Å². The molecule has 0 amide bonds. The summed E-state index contributed by atoms with van der Waals surface area (Å²) in [5.41, 5.74) is 2.81. The summed E-state index contributed by atoms with van der Waals surface area (Å²) in [6, 6.07) is 13.5. The number of aromatic hydroxyl groups is 1. The largest absolute Gasteiger partial charge is 0.507 e. The van der Waals surface area contributed by atoms with Gasteiger partial charge in [0.1, 0.15) is 17.1 Å². The van der Waals surface area contributed by atoms with E-state index in [9.17, 15) is 15.0 Å². The molecule has 0 spiro atoms. The fraction of sp³-hybridized carbons (Fsp3) is 0.444. The van der Waals surface area contributed by atoms with Gasteiger partial charge in [-0.1, -0.05) is 60.8 Å². The summed E-state index contributed by atoms with van der Waals surface area (Å²) in [4.78, 5) is 12.1. The van der Waals surface area contributed by atoms with E-state index in [0.717, 1.165) is 44.3 Å². The Balaban J connectivity index is 0.000000163. The molecule has 6 heteroatoms. The Hall–Kier alpha value is -3.82. The van der Waals surface area contributed by atoms with Gasteiger partial charge in [0.15, 0.2) is 11.5 Å². The molecule has 1 aromatic heterocycles. The van der Waals surface area contributed by atoms with Gasteiger partial charge in [0.25, 0.3) is 0 Å². The normalized spacial score (nSPS) is 32.5. The number of carbonyl (C=O) groups excluding carboxylic acids is 1. The van der Waals surface area contributed by atoms with Gasteiger partial charge in [-0.25, -0.2) is 0 Å². The minimum Gasteiger partial charge on any atom is -0.507 e. The minimum atomic E-state index is -0.909.